The van der Waals surface area contributed by atoms with Crippen molar-refractivity contribution in [2.45, 2.75) is 6.04 Å². The van der Waals surface area contributed by atoms with Gasteiger partial charge in [0.05, 0.1) is 4.92 Å². The van der Waals surface area contributed by atoms with Crippen LogP contribution in [0.5, 0.6) is 0 Å². The van der Waals surface area contributed by atoms with E-state index in [1.54, 1.807) is 6.07 Å². The van der Waals surface area contributed by atoms with Gasteiger partial charge < -0.3 is 5.32 Å². The Morgan fingerprint density at radius 1 is 1.37 bits per heavy atom. The molecule has 0 aliphatic carbocycles. The van der Waals surface area contributed by atoms with E-state index in [2.05, 4.69) is 20.1 Å². The monoisotopic (exact) mass is 263 g/mol. The van der Waals surface area contributed by atoms with Crippen molar-refractivity contribution in [2.75, 3.05) is 44.6 Å². The van der Waals surface area contributed by atoms with Crippen molar-refractivity contribution in [1.29, 1.82) is 0 Å². The van der Waals surface area contributed by atoms with Crippen LogP contribution < -0.4 is 5.32 Å². The van der Waals surface area contributed by atoms with Gasteiger partial charge in [-0.2, -0.15) is 0 Å². The van der Waals surface area contributed by atoms with Crippen LogP contribution in [0.15, 0.2) is 18.3 Å². The molecular formula is C12H17N5O2. The Bertz CT molecular complexity index is 456. The van der Waals surface area contributed by atoms with Crippen LogP contribution in [0.4, 0.5) is 11.5 Å². The molecule has 0 spiro atoms. The van der Waals surface area contributed by atoms with Crippen LogP contribution in [0.2, 0.25) is 0 Å². The highest BCUT2D eigenvalue weighted by molar-refractivity contribution is 5.40. The smallest absolute Gasteiger partial charge is 0.287 e. The summed E-state index contributed by atoms with van der Waals surface area (Å²) in [5.41, 5.74) is 0.0251. The molecule has 0 radical (unpaired) electrons. The summed E-state index contributed by atoms with van der Waals surface area (Å²) in [5.74, 6) is 0.697. The summed E-state index contributed by atoms with van der Waals surface area (Å²) in [6.45, 7) is 6.56. The van der Waals surface area contributed by atoms with Gasteiger partial charge in [-0.05, 0) is 6.07 Å². The second-order valence-corrected chi connectivity index (χ2v) is 5.03. The van der Waals surface area contributed by atoms with Gasteiger partial charge in [-0.25, -0.2) is 4.98 Å². The number of nitrogens with zero attached hydrogens (tertiary/aromatic N) is 4. The zero-order chi connectivity index (χ0) is 13.2. The minimum atomic E-state index is -0.435. The van der Waals surface area contributed by atoms with Crippen molar-refractivity contribution in [3.63, 3.8) is 0 Å². The molecule has 3 aliphatic heterocycles. The Kier molecular flexibility index (Phi) is 3.31. The first kappa shape index (κ1) is 12.3. The molecule has 0 aromatic carbocycles. The Balaban J connectivity index is 1.56. The van der Waals surface area contributed by atoms with E-state index in [4.69, 9.17) is 0 Å². The van der Waals surface area contributed by atoms with E-state index in [0.717, 1.165) is 26.2 Å². The topological polar surface area (TPSA) is 74.5 Å². The lowest BCUT2D eigenvalue weighted by Crippen LogP contribution is -2.62. The third-order valence-electron chi connectivity index (χ3n) is 3.87. The second-order valence-electron chi connectivity index (χ2n) is 5.03. The van der Waals surface area contributed by atoms with Crippen molar-refractivity contribution in [3.05, 3.63) is 28.4 Å². The van der Waals surface area contributed by atoms with Crippen LogP contribution in [0, 0.1) is 10.1 Å². The van der Waals surface area contributed by atoms with E-state index >= 15 is 0 Å². The zero-order valence-corrected chi connectivity index (χ0v) is 10.7. The average Bonchev–Trinajstić information content (AvgIpc) is 2.47. The van der Waals surface area contributed by atoms with E-state index in [1.807, 2.05) is 0 Å². The van der Waals surface area contributed by atoms with E-state index in [-0.39, 0.29) is 5.69 Å². The highest BCUT2D eigenvalue weighted by atomic mass is 16.6. The quantitative estimate of drug-likeness (QED) is 0.626. The van der Waals surface area contributed by atoms with Gasteiger partial charge in [0.25, 0.3) is 5.69 Å². The van der Waals surface area contributed by atoms with Gasteiger partial charge in [0.2, 0.25) is 0 Å². The highest BCUT2D eigenvalue weighted by Gasteiger charge is 2.31. The van der Waals surface area contributed by atoms with E-state index in [1.165, 1.54) is 25.4 Å². The maximum atomic E-state index is 10.5. The lowest BCUT2D eigenvalue weighted by Gasteiger charge is -2.47. The molecule has 4 heterocycles. The van der Waals surface area contributed by atoms with Crippen LogP contribution in [-0.2, 0) is 0 Å². The molecule has 3 fully saturated rings. The van der Waals surface area contributed by atoms with E-state index < -0.39 is 4.92 Å². The summed E-state index contributed by atoms with van der Waals surface area (Å²) in [7, 11) is 0. The molecule has 102 valence electrons. The molecule has 1 aromatic rings. The highest BCUT2D eigenvalue weighted by Crippen LogP contribution is 2.17. The average molecular weight is 263 g/mol. The summed E-state index contributed by atoms with van der Waals surface area (Å²) >= 11 is 0. The molecular weight excluding hydrogens is 246 g/mol. The number of piperazine rings is 3. The van der Waals surface area contributed by atoms with Gasteiger partial charge in [-0.15, -0.1) is 0 Å². The summed E-state index contributed by atoms with van der Waals surface area (Å²) in [6.07, 6.45) is 1.29. The lowest BCUT2D eigenvalue weighted by molar-refractivity contribution is -0.385. The van der Waals surface area contributed by atoms with Gasteiger partial charge in [0.15, 0.2) is 0 Å². The van der Waals surface area contributed by atoms with Gasteiger partial charge in [0.1, 0.15) is 12.0 Å². The number of rotatable bonds is 4. The summed E-state index contributed by atoms with van der Waals surface area (Å²) in [6, 6.07) is 3.65. The van der Waals surface area contributed by atoms with Gasteiger partial charge in [0, 0.05) is 51.4 Å². The molecule has 0 amide bonds. The minimum absolute atomic E-state index is 0.0251. The van der Waals surface area contributed by atoms with Crippen molar-refractivity contribution in [1.82, 2.24) is 14.8 Å². The number of nitro groups is 1. The number of hydrogen-bond donors (Lipinski definition) is 1. The normalized spacial score (nSPS) is 29.2. The first-order valence-electron chi connectivity index (χ1n) is 6.53. The fourth-order valence-electron chi connectivity index (χ4n) is 2.74. The minimum Gasteiger partial charge on any atom is -0.368 e. The van der Waals surface area contributed by atoms with E-state index in [0.29, 0.717) is 11.9 Å². The standard InChI is InChI=1S/C12H17N5O2/c18-17(19)10-1-2-12(13-7-10)14-8-11-9-15-3-5-16(11)6-4-15/h1-2,7,11H,3-6,8-9H2,(H,13,14). The number of nitrogens with one attached hydrogen (secondary N) is 1. The first-order chi connectivity index (χ1) is 9.22. The third kappa shape index (κ3) is 2.66. The molecule has 3 saturated heterocycles. The molecule has 4 rings (SSSR count). The maximum absolute atomic E-state index is 10.5. The van der Waals surface area contributed by atoms with E-state index in [9.17, 15) is 10.1 Å². The van der Waals surface area contributed by atoms with Crippen LogP contribution in [0.1, 0.15) is 0 Å². The predicted octanol–water partition coefficient (Wildman–Crippen LogP) is 0.401. The Morgan fingerprint density at radius 3 is 2.68 bits per heavy atom. The summed E-state index contributed by atoms with van der Waals surface area (Å²) in [4.78, 5) is 19.1. The maximum Gasteiger partial charge on any atom is 0.287 e. The molecule has 1 N–H and O–H groups in total. The molecule has 1 atom stereocenters. The molecule has 2 bridgehead atoms. The van der Waals surface area contributed by atoms with Crippen molar-refractivity contribution in [2.24, 2.45) is 0 Å². The molecule has 7 nitrogen and oxygen atoms in total. The van der Waals surface area contributed by atoms with Crippen molar-refractivity contribution >= 4 is 11.5 Å². The fourth-order valence-corrected chi connectivity index (χ4v) is 2.74. The fraction of sp³-hybridized carbons (Fsp3) is 0.583. The summed E-state index contributed by atoms with van der Waals surface area (Å²) in [5, 5.41) is 13.8. The summed E-state index contributed by atoms with van der Waals surface area (Å²) < 4.78 is 0. The number of hydrogen-bond acceptors (Lipinski definition) is 6. The molecule has 3 aliphatic rings. The van der Waals surface area contributed by atoms with Crippen LogP contribution in [-0.4, -0.2) is 65.0 Å². The van der Waals surface area contributed by atoms with Crippen molar-refractivity contribution in [3.8, 4) is 0 Å². The molecule has 1 aromatic heterocycles. The molecule has 19 heavy (non-hydrogen) atoms. The molecule has 7 heteroatoms. The number of fused-ring (bicyclic) bond motifs is 3. The Morgan fingerprint density at radius 2 is 2.16 bits per heavy atom. The Hall–Kier alpha value is -1.73. The van der Waals surface area contributed by atoms with Crippen molar-refractivity contribution < 1.29 is 4.92 Å². The largest absolute Gasteiger partial charge is 0.368 e. The lowest BCUT2D eigenvalue weighted by atomic mass is 10.1. The molecule has 1 unspecified atom stereocenters. The van der Waals surface area contributed by atoms with Crippen LogP contribution >= 0.6 is 0 Å². The number of pyridine rings is 1. The Labute approximate surface area is 111 Å². The van der Waals surface area contributed by atoms with Gasteiger partial charge in [-0.3, -0.25) is 19.9 Å². The van der Waals surface area contributed by atoms with Crippen LogP contribution in [0.3, 0.4) is 0 Å². The number of aromatic nitrogens is 1. The van der Waals surface area contributed by atoms with Gasteiger partial charge >= 0.3 is 0 Å². The SMILES string of the molecule is O=[N+]([O-])c1ccc(NCC2CN3CCN2CC3)nc1. The van der Waals surface area contributed by atoms with Crippen LogP contribution in [0.25, 0.3) is 0 Å². The first-order valence-corrected chi connectivity index (χ1v) is 6.53. The predicted molar refractivity (Wildman–Crippen MR) is 71.2 cm³/mol. The zero-order valence-electron chi connectivity index (χ0n) is 10.7. The number of anilines is 1. The van der Waals surface area contributed by atoms with Gasteiger partial charge in [-0.1, -0.05) is 0 Å². The third-order valence-corrected chi connectivity index (χ3v) is 3.87. The second kappa shape index (κ2) is 5.10. The molecule has 0 saturated carbocycles.